The lowest BCUT2D eigenvalue weighted by atomic mass is 10.0. The topological polar surface area (TPSA) is 61.1 Å². The maximum Gasteiger partial charge on any atom is 0.203 e. The fourth-order valence-electron chi connectivity index (χ4n) is 1.69. The van der Waals surface area contributed by atoms with Crippen LogP contribution in [0.25, 0.3) is 6.08 Å². The van der Waals surface area contributed by atoms with E-state index in [-0.39, 0.29) is 11.3 Å². The summed E-state index contributed by atoms with van der Waals surface area (Å²) in [5, 5.41) is 19.2. The SMILES string of the molecule is N#CC(=Cc1cc(Cl)ccc1O)C(=O)c1ccccc1. The molecular formula is C16H10ClNO2. The molecule has 0 aliphatic rings. The molecule has 0 heterocycles. The lowest BCUT2D eigenvalue weighted by molar-refractivity contribution is 0.104. The van der Waals surface area contributed by atoms with Gasteiger partial charge in [0.25, 0.3) is 0 Å². The van der Waals surface area contributed by atoms with Gasteiger partial charge in [-0.1, -0.05) is 41.9 Å². The van der Waals surface area contributed by atoms with Gasteiger partial charge in [0.15, 0.2) is 0 Å². The predicted octanol–water partition coefficient (Wildman–Crippen LogP) is 3.84. The number of phenols is 1. The maximum absolute atomic E-state index is 12.2. The Balaban J connectivity index is 2.43. The summed E-state index contributed by atoms with van der Waals surface area (Å²) in [6, 6.07) is 14.8. The average Bonchev–Trinajstić information content (AvgIpc) is 2.48. The quantitative estimate of drug-likeness (QED) is 0.529. The number of ketones is 1. The number of allylic oxidation sites excluding steroid dienone is 1. The van der Waals surface area contributed by atoms with Crippen molar-refractivity contribution in [1.29, 1.82) is 5.26 Å². The van der Waals surface area contributed by atoms with Crippen LogP contribution in [0.3, 0.4) is 0 Å². The molecule has 0 fully saturated rings. The molecule has 0 saturated carbocycles. The van der Waals surface area contributed by atoms with Crippen molar-refractivity contribution in [2.24, 2.45) is 0 Å². The largest absolute Gasteiger partial charge is 0.507 e. The number of hydrogen-bond acceptors (Lipinski definition) is 3. The van der Waals surface area contributed by atoms with Gasteiger partial charge in [-0.3, -0.25) is 4.79 Å². The van der Waals surface area contributed by atoms with Crippen LogP contribution in [0.2, 0.25) is 5.02 Å². The molecule has 0 aliphatic heterocycles. The highest BCUT2D eigenvalue weighted by Gasteiger charge is 2.12. The van der Waals surface area contributed by atoms with Gasteiger partial charge >= 0.3 is 0 Å². The molecule has 0 saturated heterocycles. The smallest absolute Gasteiger partial charge is 0.203 e. The average molecular weight is 284 g/mol. The summed E-state index contributed by atoms with van der Waals surface area (Å²) < 4.78 is 0. The Bertz CT molecular complexity index is 715. The summed E-state index contributed by atoms with van der Waals surface area (Å²) in [5.41, 5.74) is 0.689. The van der Waals surface area contributed by atoms with Crippen LogP contribution < -0.4 is 0 Å². The molecule has 4 heteroatoms. The van der Waals surface area contributed by atoms with Crippen LogP contribution in [0, 0.1) is 11.3 Å². The minimum Gasteiger partial charge on any atom is -0.507 e. The van der Waals surface area contributed by atoms with E-state index in [2.05, 4.69) is 0 Å². The van der Waals surface area contributed by atoms with Gasteiger partial charge in [0.1, 0.15) is 17.4 Å². The molecule has 3 nitrogen and oxygen atoms in total. The standard InChI is InChI=1S/C16H10ClNO2/c17-14-6-7-15(19)12(9-14)8-13(10-18)16(20)11-4-2-1-3-5-11/h1-9,19H. The third kappa shape index (κ3) is 3.05. The van der Waals surface area contributed by atoms with Gasteiger partial charge in [0.05, 0.1) is 0 Å². The van der Waals surface area contributed by atoms with Crippen LogP contribution in [0.1, 0.15) is 15.9 Å². The Morgan fingerprint density at radius 3 is 2.55 bits per heavy atom. The molecule has 0 unspecified atom stereocenters. The second-order valence-electron chi connectivity index (χ2n) is 4.07. The second kappa shape index (κ2) is 6.05. The van der Waals surface area contributed by atoms with E-state index >= 15 is 0 Å². The zero-order chi connectivity index (χ0) is 14.5. The van der Waals surface area contributed by atoms with Gasteiger partial charge in [-0.2, -0.15) is 5.26 Å². The predicted molar refractivity (Wildman–Crippen MR) is 77.5 cm³/mol. The molecule has 2 aromatic rings. The van der Waals surface area contributed by atoms with Gasteiger partial charge < -0.3 is 5.11 Å². The van der Waals surface area contributed by atoms with Crippen LogP contribution in [0.5, 0.6) is 5.75 Å². The number of Topliss-reactive ketones (excluding diaryl/α,β-unsaturated/α-hetero) is 1. The first-order valence-corrected chi connectivity index (χ1v) is 6.19. The van der Waals surface area contributed by atoms with E-state index in [0.29, 0.717) is 16.1 Å². The third-order valence-corrected chi connectivity index (χ3v) is 2.93. The first-order chi connectivity index (χ1) is 9.61. The number of benzene rings is 2. The normalized spacial score (nSPS) is 10.9. The Morgan fingerprint density at radius 1 is 1.20 bits per heavy atom. The van der Waals surface area contributed by atoms with Crippen LogP contribution >= 0.6 is 11.6 Å². The Hall–Kier alpha value is -2.57. The van der Waals surface area contributed by atoms with Gasteiger partial charge in [-0.25, -0.2) is 0 Å². The Labute approximate surface area is 121 Å². The molecule has 2 rings (SSSR count). The molecule has 0 aromatic heterocycles. The van der Waals surface area contributed by atoms with E-state index in [4.69, 9.17) is 16.9 Å². The number of aromatic hydroxyl groups is 1. The van der Waals surface area contributed by atoms with Crippen molar-refractivity contribution >= 4 is 23.5 Å². The first-order valence-electron chi connectivity index (χ1n) is 5.82. The van der Waals surface area contributed by atoms with Crippen molar-refractivity contribution in [3.63, 3.8) is 0 Å². The summed E-state index contributed by atoms with van der Waals surface area (Å²) in [7, 11) is 0. The summed E-state index contributed by atoms with van der Waals surface area (Å²) in [6.45, 7) is 0. The van der Waals surface area contributed by atoms with E-state index in [1.54, 1.807) is 30.3 Å². The second-order valence-corrected chi connectivity index (χ2v) is 4.50. The molecule has 0 bridgehead atoms. The summed E-state index contributed by atoms with van der Waals surface area (Å²) >= 11 is 5.83. The molecule has 0 radical (unpaired) electrons. The molecule has 98 valence electrons. The number of nitriles is 1. The molecule has 0 spiro atoms. The fourth-order valence-corrected chi connectivity index (χ4v) is 1.87. The van der Waals surface area contributed by atoms with Gasteiger partial charge in [-0.05, 0) is 24.3 Å². The molecule has 0 atom stereocenters. The van der Waals surface area contributed by atoms with E-state index in [1.165, 1.54) is 24.3 Å². The van der Waals surface area contributed by atoms with Crippen LogP contribution in [-0.2, 0) is 0 Å². The highest BCUT2D eigenvalue weighted by atomic mass is 35.5. The lowest BCUT2D eigenvalue weighted by Gasteiger charge is -2.02. The van der Waals surface area contributed by atoms with E-state index in [9.17, 15) is 9.90 Å². The van der Waals surface area contributed by atoms with Gasteiger partial charge in [0.2, 0.25) is 5.78 Å². The highest BCUT2D eigenvalue weighted by molar-refractivity contribution is 6.30. The van der Waals surface area contributed by atoms with Crippen molar-refractivity contribution in [1.82, 2.24) is 0 Å². The number of phenolic OH excluding ortho intramolecular Hbond substituents is 1. The summed E-state index contributed by atoms with van der Waals surface area (Å²) in [4.78, 5) is 12.2. The molecule has 20 heavy (non-hydrogen) atoms. The Morgan fingerprint density at radius 2 is 1.90 bits per heavy atom. The van der Waals surface area contributed by atoms with Crippen LogP contribution in [-0.4, -0.2) is 10.9 Å². The molecule has 2 aromatic carbocycles. The van der Waals surface area contributed by atoms with Crippen molar-refractivity contribution in [3.8, 4) is 11.8 Å². The van der Waals surface area contributed by atoms with Crippen molar-refractivity contribution in [3.05, 3.63) is 70.3 Å². The number of hydrogen-bond donors (Lipinski definition) is 1. The zero-order valence-corrected chi connectivity index (χ0v) is 11.1. The zero-order valence-electron chi connectivity index (χ0n) is 10.4. The van der Waals surface area contributed by atoms with Crippen LogP contribution in [0.15, 0.2) is 54.1 Å². The monoisotopic (exact) mass is 283 g/mol. The molecule has 0 aliphatic carbocycles. The van der Waals surface area contributed by atoms with Crippen LogP contribution in [0.4, 0.5) is 0 Å². The molecule has 1 N–H and O–H groups in total. The molecule has 0 amide bonds. The summed E-state index contributed by atoms with van der Waals surface area (Å²) in [5.74, 6) is -0.435. The highest BCUT2D eigenvalue weighted by Crippen LogP contribution is 2.24. The maximum atomic E-state index is 12.2. The van der Waals surface area contributed by atoms with Crippen molar-refractivity contribution in [2.45, 2.75) is 0 Å². The molecular weight excluding hydrogens is 274 g/mol. The lowest BCUT2D eigenvalue weighted by Crippen LogP contribution is -2.01. The minimum absolute atomic E-state index is 0.0389. The first kappa shape index (κ1) is 13.9. The fraction of sp³-hybridized carbons (Fsp3) is 0. The van der Waals surface area contributed by atoms with Crippen molar-refractivity contribution in [2.75, 3.05) is 0 Å². The summed E-state index contributed by atoms with van der Waals surface area (Å²) in [6.07, 6.45) is 1.33. The Kier molecular flexibility index (Phi) is 4.19. The van der Waals surface area contributed by atoms with Crippen molar-refractivity contribution < 1.29 is 9.90 Å². The number of nitrogens with zero attached hydrogens (tertiary/aromatic N) is 1. The number of halogens is 1. The number of rotatable bonds is 3. The van der Waals surface area contributed by atoms with Gasteiger partial charge in [0, 0.05) is 16.1 Å². The minimum atomic E-state index is -0.396. The van der Waals surface area contributed by atoms with E-state index in [1.807, 2.05) is 6.07 Å². The van der Waals surface area contributed by atoms with E-state index in [0.717, 1.165) is 0 Å². The van der Waals surface area contributed by atoms with Gasteiger partial charge in [-0.15, -0.1) is 0 Å². The van der Waals surface area contributed by atoms with E-state index < -0.39 is 5.78 Å². The number of carbonyl (C=O) groups excluding carboxylic acids is 1. The third-order valence-electron chi connectivity index (χ3n) is 2.69. The number of carbonyl (C=O) groups is 1.